The van der Waals surface area contributed by atoms with Crippen LogP contribution in [0.4, 0.5) is 0 Å². The summed E-state index contributed by atoms with van der Waals surface area (Å²) < 4.78 is 6.21. The summed E-state index contributed by atoms with van der Waals surface area (Å²) in [7, 11) is 0. The molecule has 3 saturated heterocycles. The Labute approximate surface area is 132 Å². The second-order valence-electron chi connectivity index (χ2n) is 6.17. The highest BCUT2D eigenvalue weighted by Gasteiger charge is 2.34. The normalized spacial score (nSPS) is 27.5. The van der Waals surface area contributed by atoms with Crippen LogP contribution in [0.2, 0.25) is 0 Å². The minimum absolute atomic E-state index is 0. The van der Waals surface area contributed by atoms with Gasteiger partial charge in [0.1, 0.15) is 0 Å². The van der Waals surface area contributed by atoms with Crippen molar-refractivity contribution in [3.05, 3.63) is 48.0 Å². The Kier molecular flexibility index (Phi) is 4.48. The number of hydrogen-bond acceptors (Lipinski definition) is 2. The predicted molar refractivity (Wildman–Crippen MR) is 88.9 cm³/mol. The van der Waals surface area contributed by atoms with Crippen molar-refractivity contribution in [2.75, 3.05) is 19.6 Å². The maximum absolute atomic E-state index is 6.21. The van der Waals surface area contributed by atoms with E-state index >= 15 is 0 Å². The molecule has 2 aromatic rings. The van der Waals surface area contributed by atoms with E-state index in [1.165, 1.54) is 42.3 Å². The Balaban J connectivity index is 0.00000132. The molecule has 0 saturated carbocycles. The van der Waals surface area contributed by atoms with Crippen molar-refractivity contribution in [2.24, 2.45) is 5.92 Å². The molecule has 3 heterocycles. The third-order valence-corrected chi connectivity index (χ3v) is 4.87. The van der Waals surface area contributed by atoms with Gasteiger partial charge in [0, 0.05) is 6.54 Å². The van der Waals surface area contributed by atoms with Gasteiger partial charge < -0.3 is 9.64 Å². The van der Waals surface area contributed by atoms with E-state index in [1.807, 2.05) is 0 Å². The molecule has 3 heteroatoms. The van der Waals surface area contributed by atoms with Gasteiger partial charge >= 0.3 is 0 Å². The second-order valence-corrected chi connectivity index (χ2v) is 6.17. The number of rotatable bonds is 3. The molecule has 2 aromatic carbocycles. The Morgan fingerprint density at radius 2 is 1.76 bits per heavy atom. The summed E-state index contributed by atoms with van der Waals surface area (Å²) in [6.45, 7) is 4.44. The molecule has 0 amide bonds. The van der Waals surface area contributed by atoms with Crippen molar-refractivity contribution in [1.82, 2.24) is 4.90 Å². The SMILES string of the molecule is Cl.c1ccc2cc(COC3CN4CCC3CC4)ccc2c1. The minimum Gasteiger partial charge on any atom is -0.372 e. The summed E-state index contributed by atoms with van der Waals surface area (Å²) in [6, 6.07) is 15.2. The number of nitrogens with zero attached hydrogens (tertiary/aromatic N) is 1. The van der Waals surface area contributed by atoms with Crippen LogP contribution in [-0.2, 0) is 11.3 Å². The van der Waals surface area contributed by atoms with Crippen molar-refractivity contribution >= 4 is 23.2 Å². The van der Waals surface area contributed by atoms with E-state index in [0.29, 0.717) is 6.10 Å². The number of benzene rings is 2. The zero-order chi connectivity index (χ0) is 13.4. The second kappa shape index (κ2) is 6.35. The summed E-state index contributed by atoms with van der Waals surface area (Å²) in [4.78, 5) is 2.55. The van der Waals surface area contributed by atoms with E-state index < -0.39 is 0 Å². The number of ether oxygens (including phenoxy) is 1. The highest BCUT2D eigenvalue weighted by Crippen LogP contribution is 2.30. The molecule has 0 aromatic heterocycles. The molecule has 1 unspecified atom stereocenters. The lowest BCUT2D eigenvalue weighted by molar-refractivity contribution is -0.0765. The molecule has 0 spiro atoms. The van der Waals surface area contributed by atoms with Gasteiger partial charge in [0.2, 0.25) is 0 Å². The Morgan fingerprint density at radius 3 is 2.48 bits per heavy atom. The molecule has 3 fully saturated rings. The van der Waals surface area contributed by atoms with Gasteiger partial charge in [-0.25, -0.2) is 0 Å². The molecule has 3 aliphatic rings. The molecule has 0 aliphatic carbocycles. The van der Waals surface area contributed by atoms with E-state index in [-0.39, 0.29) is 12.4 Å². The molecule has 0 radical (unpaired) electrons. The van der Waals surface area contributed by atoms with Crippen LogP contribution in [0.25, 0.3) is 10.8 Å². The lowest BCUT2D eigenvalue weighted by Gasteiger charge is -2.44. The molecule has 1 atom stereocenters. The van der Waals surface area contributed by atoms with Gasteiger partial charge in [-0.1, -0.05) is 36.4 Å². The van der Waals surface area contributed by atoms with Crippen LogP contribution in [0.1, 0.15) is 18.4 Å². The summed E-state index contributed by atoms with van der Waals surface area (Å²) >= 11 is 0. The summed E-state index contributed by atoms with van der Waals surface area (Å²) in [5.41, 5.74) is 1.29. The van der Waals surface area contributed by atoms with Gasteiger partial charge in [-0.2, -0.15) is 0 Å². The van der Waals surface area contributed by atoms with Crippen molar-refractivity contribution in [1.29, 1.82) is 0 Å². The van der Waals surface area contributed by atoms with Gasteiger partial charge in [-0.3, -0.25) is 0 Å². The number of fused-ring (bicyclic) bond motifs is 4. The monoisotopic (exact) mass is 303 g/mol. The lowest BCUT2D eigenvalue weighted by Crippen LogP contribution is -2.51. The number of halogens is 1. The number of hydrogen-bond donors (Lipinski definition) is 0. The van der Waals surface area contributed by atoms with Gasteiger partial charge in [-0.05, 0) is 54.3 Å². The van der Waals surface area contributed by atoms with Crippen molar-refractivity contribution in [3.63, 3.8) is 0 Å². The molecule has 2 nitrogen and oxygen atoms in total. The smallest absolute Gasteiger partial charge is 0.0735 e. The Hall–Kier alpha value is -1.09. The van der Waals surface area contributed by atoms with E-state index in [4.69, 9.17) is 4.74 Å². The van der Waals surface area contributed by atoms with E-state index in [2.05, 4.69) is 47.4 Å². The van der Waals surface area contributed by atoms with Crippen LogP contribution in [0.15, 0.2) is 42.5 Å². The number of piperidine rings is 3. The fourth-order valence-corrected chi connectivity index (χ4v) is 3.63. The average molecular weight is 304 g/mol. The zero-order valence-corrected chi connectivity index (χ0v) is 13.0. The maximum atomic E-state index is 6.21. The van der Waals surface area contributed by atoms with Crippen LogP contribution >= 0.6 is 12.4 Å². The Bertz CT molecular complexity index is 607. The average Bonchev–Trinajstić information content (AvgIpc) is 2.54. The van der Waals surface area contributed by atoms with E-state index in [0.717, 1.165) is 19.1 Å². The first kappa shape index (κ1) is 14.8. The van der Waals surface area contributed by atoms with E-state index in [1.54, 1.807) is 0 Å². The fraction of sp³-hybridized carbons (Fsp3) is 0.444. The first-order valence-electron chi connectivity index (χ1n) is 7.70. The maximum Gasteiger partial charge on any atom is 0.0735 e. The van der Waals surface area contributed by atoms with Gasteiger partial charge in [0.15, 0.2) is 0 Å². The van der Waals surface area contributed by atoms with Crippen molar-refractivity contribution < 1.29 is 4.74 Å². The molecule has 3 aliphatic heterocycles. The minimum atomic E-state index is 0. The first-order valence-corrected chi connectivity index (χ1v) is 7.70. The molecular formula is C18H22ClNO. The quantitative estimate of drug-likeness (QED) is 0.853. The van der Waals surface area contributed by atoms with Gasteiger partial charge in [0.25, 0.3) is 0 Å². The van der Waals surface area contributed by atoms with Crippen LogP contribution < -0.4 is 0 Å². The third kappa shape index (κ3) is 3.08. The van der Waals surface area contributed by atoms with Crippen LogP contribution in [-0.4, -0.2) is 30.6 Å². The van der Waals surface area contributed by atoms with Crippen LogP contribution in [0.3, 0.4) is 0 Å². The summed E-state index contributed by atoms with van der Waals surface area (Å²) in [5.74, 6) is 0.792. The molecule has 2 bridgehead atoms. The standard InChI is InChI=1S/C18H21NO.ClH/c1-2-4-17-11-14(5-6-15(17)3-1)13-20-18-12-19-9-7-16(18)8-10-19;/h1-6,11,16,18H,7-10,12-13H2;1H. The first-order chi connectivity index (χ1) is 9.88. The largest absolute Gasteiger partial charge is 0.372 e. The predicted octanol–water partition coefficient (Wildman–Crippen LogP) is 3.87. The van der Waals surface area contributed by atoms with Crippen LogP contribution in [0, 0.1) is 5.92 Å². The lowest BCUT2D eigenvalue weighted by atomic mass is 9.86. The highest BCUT2D eigenvalue weighted by molar-refractivity contribution is 5.85. The highest BCUT2D eigenvalue weighted by atomic mass is 35.5. The van der Waals surface area contributed by atoms with Crippen LogP contribution in [0.5, 0.6) is 0 Å². The molecule has 0 N–H and O–H groups in total. The zero-order valence-electron chi connectivity index (χ0n) is 12.2. The van der Waals surface area contributed by atoms with Crippen molar-refractivity contribution in [3.8, 4) is 0 Å². The van der Waals surface area contributed by atoms with Gasteiger partial charge in [0.05, 0.1) is 12.7 Å². The van der Waals surface area contributed by atoms with Crippen molar-refractivity contribution in [2.45, 2.75) is 25.6 Å². The molecular weight excluding hydrogens is 282 g/mol. The van der Waals surface area contributed by atoms with E-state index in [9.17, 15) is 0 Å². The van der Waals surface area contributed by atoms with Gasteiger partial charge in [-0.15, -0.1) is 12.4 Å². The topological polar surface area (TPSA) is 12.5 Å². The molecule has 21 heavy (non-hydrogen) atoms. The molecule has 112 valence electrons. The summed E-state index contributed by atoms with van der Waals surface area (Å²) in [6.07, 6.45) is 3.09. The molecule has 5 rings (SSSR count). The third-order valence-electron chi connectivity index (χ3n) is 4.87. The Morgan fingerprint density at radius 1 is 1.00 bits per heavy atom. The fourth-order valence-electron chi connectivity index (χ4n) is 3.63. The summed E-state index contributed by atoms with van der Waals surface area (Å²) in [5, 5.41) is 2.61.